The molecule has 37 heavy (non-hydrogen) atoms. The standard InChI is InChI=1S/C25H31N5O7/c1-16(31)36-20-19(22(33)35-5)26-23-29(17-8-6-7-9-18(17)30(23)21(20)32)15-12-27-10-13-28(14-11-27)24(34)37-25(2,3)4/h6-9H,10-15H2,1-5H3. The van der Waals surface area contributed by atoms with Crippen LogP contribution in [0.25, 0.3) is 16.8 Å². The van der Waals surface area contributed by atoms with Crippen LogP contribution in [0, 0.1) is 0 Å². The Morgan fingerprint density at radius 2 is 1.65 bits per heavy atom. The first-order valence-electron chi connectivity index (χ1n) is 12.0. The lowest BCUT2D eigenvalue weighted by atomic mass is 10.2. The number of hydrogen-bond donors (Lipinski definition) is 0. The van der Waals surface area contributed by atoms with E-state index in [9.17, 15) is 19.2 Å². The van der Waals surface area contributed by atoms with Crippen molar-refractivity contribution in [1.82, 2.24) is 23.8 Å². The summed E-state index contributed by atoms with van der Waals surface area (Å²) < 4.78 is 18.5. The summed E-state index contributed by atoms with van der Waals surface area (Å²) in [5, 5.41) is 0. The highest BCUT2D eigenvalue weighted by molar-refractivity contribution is 5.92. The monoisotopic (exact) mass is 513 g/mol. The Bertz CT molecular complexity index is 1410. The van der Waals surface area contributed by atoms with Crippen LogP contribution >= 0.6 is 0 Å². The number of benzene rings is 1. The fourth-order valence-electron chi connectivity index (χ4n) is 4.30. The largest absolute Gasteiger partial charge is 0.464 e. The highest BCUT2D eigenvalue weighted by Gasteiger charge is 2.28. The van der Waals surface area contributed by atoms with E-state index in [4.69, 9.17) is 14.2 Å². The zero-order chi connectivity index (χ0) is 26.9. The normalized spacial score (nSPS) is 14.7. The Labute approximate surface area is 213 Å². The summed E-state index contributed by atoms with van der Waals surface area (Å²) in [5.41, 5.74) is -0.294. The molecule has 198 valence electrons. The number of para-hydroxylation sites is 2. The molecule has 0 saturated carbocycles. The number of esters is 2. The average molecular weight is 514 g/mol. The number of carbonyl (C=O) groups excluding carboxylic acids is 3. The van der Waals surface area contributed by atoms with Crippen molar-refractivity contribution in [2.75, 3.05) is 39.8 Å². The summed E-state index contributed by atoms with van der Waals surface area (Å²) in [6.45, 7) is 10.1. The molecular weight excluding hydrogens is 482 g/mol. The van der Waals surface area contributed by atoms with Crippen LogP contribution in [0.2, 0.25) is 0 Å². The molecule has 12 nitrogen and oxygen atoms in total. The topological polar surface area (TPSA) is 125 Å². The molecule has 1 aliphatic heterocycles. The van der Waals surface area contributed by atoms with Crippen molar-refractivity contribution < 1.29 is 28.6 Å². The Balaban J connectivity index is 1.64. The molecule has 1 aliphatic rings. The number of carbonyl (C=O) groups is 3. The van der Waals surface area contributed by atoms with Crippen LogP contribution in [0.5, 0.6) is 5.75 Å². The number of piperazine rings is 1. The van der Waals surface area contributed by atoms with Gasteiger partial charge in [0.1, 0.15) is 5.60 Å². The molecule has 4 rings (SSSR count). The van der Waals surface area contributed by atoms with Gasteiger partial charge in [0.15, 0.2) is 0 Å². The molecule has 1 saturated heterocycles. The number of rotatable bonds is 5. The van der Waals surface area contributed by atoms with Crippen molar-refractivity contribution in [1.29, 1.82) is 0 Å². The summed E-state index contributed by atoms with van der Waals surface area (Å²) >= 11 is 0. The summed E-state index contributed by atoms with van der Waals surface area (Å²) in [6.07, 6.45) is -0.322. The van der Waals surface area contributed by atoms with Crippen LogP contribution in [0.1, 0.15) is 38.2 Å². The first-order valence-corrected chi connectivity index (χ1v) is 12.0. The number of amides is 1. The lowest BCUT2D eigenvalue weighted by molar-refractivity contribution is -0.132. The molecule has 0 atom stereocenters. The number of ether oxygens (including phenoxy) is 3. The van der Waals surface area contributed by atoms with Gasteiger partial charge in [-0.25, -0.2) is 19.0 Å². The zero-order valence-electron chi connectivity index (χ0n) is 21.6. The SMILES string of the molecule is COC(=O)c1nc2n(CCN3CCN(C(=O)OC(C)(C)C)CC3)c3ccccc3n2c(=O)c1OC(C)=O. The van der Waals surface area contributed by atoms with Crippen LogP contribution in [0.4, 0.5) is 4.79 Å². The van der Waals surface area contributed by atoms with Crippen LogP contribution in [0.3, 0.4) is 0 Å². The Kier molecular flexibility index (Phi) is 7.21. The number of imidazole rings is 1. The van der Waals surface area contributed by atoms with E-state index in [1.807, 2.05) is 37.5 Å². The van der Waals surface area contributed by atoms with E-state index in [0.717, 1.165) is 19.6 Å². The second kappa shape index (κ2) is 10.2. The van der Waals surface area contributed by atoms with E-state index in [2.05, 4.69) is 9.88 Å². The lowest BCUT2D eigenvalue weighted by Crippen LogP contribution is -2.50. The van der Waals surface area contributed by atoms with Gasteiger partial charge < -0.3 is 23.7 Å². The molecule has 0 aliphatic carbocycles. The molecule has 0 bridgehead atoms. The van der Waals surface area contributed by atoms with Crippen molar-refractivity contribution >= 4 is 34.8 Å². The molecule has 0 spiro atoms. The lowest BCUT2D eigenvalue weighted by Gasteiger charge is -2.35. The molecule has 1 fully saturated rings. The maximum atomic E-state index is 13.4. The Morgan fingerprint density at radius 3 is 2.24 bits per heavy atom. The maximum Gasteiger partial charge on any atom is 0.410 e. The minimum atomic E-state index is -0.883. The quantitative estimate of drug-likeness (QED) is 0.471. The van der Waals surface area contributed by atoms with Crippen LogP contribution < -0.4 is 10.3 Å². The maximum absolute atomic E-state index is 13.4. The predicted octanol–water partition coefficient (Wildman–Crippen LogP) is 1.91. The van der Waals surface area contributed by atoms with Crippen LogP contribution in [-0.4, -0.2) is 87.2 Å². The van der Waals surface area contributed by atoms with Crippen molar-refractivity contribution in [3.8, 4) is 5.75 Å². The number of hydrogen-bond acceptors (Lipinski definition) is 9. The van der Waals surface area contributed by atoms with Gasteiger partial charge in [-0.15, -0.1) is 0 Å². The summed E-state index contributed by atoms with van der Waals surface area (Å²) in [7, 11) is 1.16. The third-order valence-electron chi connectivity index (χ3n) is 5.97. The van der Waals surface area contributed by atoms with E-state index in [1.165, 1.54) is 4.40 Å². The van der Waals surface area contributed by atoms with Gasteiger partial charge in [-0.2, -0.15) is 0 Å². The number of aromatic nitrogens is 3. The summed E-state index contributed by atoms with van der Waals surface area (Å²) in [6, 6.07) is 7.24. The van der Waals surface area contributed by atoms with Gasteiger partial charge in [0.2, 0.25) is 17.2 Å². The molecule has 0 unspecified atom stereocenters. The van der Waals surface area contributed by atoms with E-state index in [0.29, 0.717) is 44.8 Å². The van der Waals surface area contributed by atoms with Gasteiger partial charge >= 0.3 is 23.6 Å². The molecule has 12 heteroatoms. The summed E-state index contributed by atoms with van der Waals surface area (Å²) in [5.74, 6) is -1.88. The van der Waals surface area contributed by atoms with Crippen molar-refractivity contribution in [2.45, 2.75) is 39.8 Å². The fraction of sp³-hybridized carbons (Fsp3) is 0.480. The predicted molar refractivity (Wildman–Crippen MR) is 134 cm³/mol. The van der Waals surface area contributed by atoms with Crippen LogP contribution in [0.15, 0.2) is 29.1 Å². The first-order chi connectivity index (χ1) is 17.5. The third kappa shape index (κ3) is 5.43. The molecule has 2 aromatic heterocycles. The molecule has 0 radical (unpaired) electrons. The highest BCUT2D eigenvalue weighted by atomic mass is 16.6. The van der Waals surface area contributed by atoms with Crippen molar-refractivity contribution in [3.05, 3.63) is 40.3 Å². The molecule has 0 N–H and O–H groups in total. The number of methoxy groups -OCH3 is 1. The Hall–Kier alpha value is -3.93. The van der Waals surface area contributed by atoms with Gasteiger partial charge in [0, 0.05) is 46.2 Å². The van der Waals surface area contributed by atoms with Gasteiger partial charge in [-0.1, -0.05) is 12.1 Å². The minimum absolute atomic E-state index is 0.231. The van der Waals surface area contributed by atoms with E-state index < -0.39 is 28.8 Å². The van der Waals surface area contributed by atoms with Gasteiger partial charge in [0.25, 0.3) is 0 Å². The average Bonchev–Trinajstić information content (AvgIpc) is 3.16. The van der Waals surface area contributed by atoms with Gasteiger partial charge in [0.05, 0.1) is 18.1 Å². The molecule has 1 amide bonds. The molecule has 3 heterocycles. The summed E-state index contributed by atoms with van der Waals surface area (Å²) in [4.78, 5) is 58.2. The van der Waals surface area contributed by atoms with E-state index in [1.54, 1.807) is 17.0 Å². The smallest absolute Gasteiger partial charge is 0.410 e. The van der Waals surface area contributed by atoms with E-state index >= 15 is 0 Å². The van der Waals surface area contributed by atoms with Crippen molar-refractivity contribution in [3.63, 3.8) is 0 Å². The zero-order valence-corrected chi connectivity index (χ0v) is 21.6. The Morgan fingerprint density at radius 1 is 1.00 bits per heavy atom. The van der Waals surface area contributed by atoms with E-state index in [-0.39, 0.29) is 17.6 Å². The minimum Gasteiger partial charge on any atom is -0.464 e. The molecule has 3 aromatic rings. The van der Waals surface area contributed by atoms with Crippen LogP contribution in [-0.2, 0) is 20.8 Å². The van der Waals surface area contributed by atoms with Crippen molar-refractivity contribution in [2.24, 2.45) is 0 Å². The first kappa shape index (κ1) is 26.1. The highest BCUT2D eigenvalue weighted by Crippen LogP contribution is 2.22. The third-order valence-corrected chi connectivity index (χ3v) is 5.97. The van der Waals surface area contributed by atoms with Gasteiger partial charge in [-0.3, -0.25) is 14.5 Å². The molecule has 1 aromatic carbocycles. The second-order valence-electron chi connectivity index (χ2n) is 9.76. The van der Waals surface area contributed by atoms with Gasteiger partial charge in [-0.05, 0) is 32.9 Å². The number of fused-ring (bicyclic) bond motifs is 3. The second-order valence-corrected chi connectivity index (χ2v) is 9.76. The fourth-order valence-corrected chi connectivity index (χ4v) is 4.30. The molecular formula is C25H31N5O7. The number of nitrogens with zero attached hydrogens (tertiary/aromatic N) is 5.